The summed E-state index contributed by atoms with van der Waals surface area (Å²) in [4.78, 5) is 14.0. The molecule has 0 aliphatic heterocycles. The number of amides is 1. The first-order chi connectivity index (χ1) is 12.4. The number of carbonyl (C=O) groups is 1. The molecule has 4 nitrogen and oxygen atoms in total. The molecule has 0 aliphatic rings. The molecule has 1 amide bonds. The van der Waals surface area contributed by atoms with Crippen LogP contribution >= 0.6 is 15.9 Å². The highest BCUT2D eigenvalue weighted by molar-refractivity contribution is 9.10. The molecule has 2 aromatic rings. The summed E-state index contributed by atoms with van der Waals surface area (Å²) in [6.07, 6.45) is 4.17. The summed E-state index contributed by atoms with van der Waals surface area (Å²) in [7, 11) is 5.03. The standard InChI is InChI=1S/C21H24BrNO3/c1-15-5-7-17(18(22)13-15)8-10-21(24)23(2)12-11-16-6-9-19(25-3)20(14-16)26-4/h5-10,13-14H,11-12H2,1-4H3/b10-8+. The van der Waals surface area contributed by atoms with Crippen molar-refractivity contribution in [2.45, 2.75) is 13.3 Å². The molecule has 0 radical (unpaired) electrons. The van der Waals surface area contributed by atoms with Crippen LogP contribution in [0, 0.1) is 6.92 Å². The minimum Gasteiger partial charge on any atom is -0.493 e. The number of rotatable bonds is 7. The number of hydrogen-bond acceptors (Lipinski definition) is 3. The van der Waals surface area contributed by atoms with Gasteiger partial charge in [0.05, 0.1) is 14.2 Å². The quantitative estimate of drug-likeness (QED) is 0.622. The van der Waals surface area contributed by atoms with Gasteiger partial charge in [-0.1, -0.05) is 34.1 Å². The number of methoxy groups -OCH3 is 2. The van der Waals surface area contributed by atoms with Gasteiger partial charge < -0.3 is 14.4 Å². The van der Waals surface area contributed by atoms with E-state index in [9.17, 15) is 4.79 Å². The summed E-state index contributed by atoms with van der Waals surface area (Å²) >= 11 is 3.52. The fourth-order valence-corrected chi connectivity index (χ4v) is 3.12. The zero-order valence-corrected chi connectivity index (χ0v) is 17.2. The Balaban J connectivity index is 1.95. The summed E-state index contributed by atoms with van der Waals surface area (Å²) in [6, 6.07) is 11.9. The van der Waals surface area contributed by atoms with Gasteiger partial charge in [-0.05, 0) is 54.3 Å². The minimum absolute atomic E-state index is 0.0297. The van der Waals surface area contributed by atoms with Crippen molar-refractivity contribution in [1.82, 2.24) is 4.90 Å². The maximum atomic E-state index is 12.3. The molecule has 0 spiro atoms. The second-order valence-corrected chi connectivity index (χ2v) is 6.91. The highest BCUT2D eigenvalue weighted by Gasteiger charge is 2.08. The van der Waals surface area contributed by atoms with Crippen molar-refractivity contribution in [2.75, 3.05) is 27.8 Å². The zero-order chi connectivity index (χ0) is 19.1. The molecule has 138 valence electrons. The number of ether oxygens (including phenoxy) is 2. The molecule has 0 fully saturated rings. The van der Waals surface area contributed by atoms with Crippen LogP contribution in [0.4, 0.5) is 0 Å². The van der Waals surface area contributed by atoms with E-state index in [1.165, 1.54) is 5.56 Å². The summed E-state index contributed by atoms with van der Waals surface area (Å²) in [5.74, 6) is 1.37. The summed E-state index contributed by atoms with van der Waals surface area (Å²) < 4.78 is 11.5. The van der Waals surface area contributed by atoms with E-state index in [1.807, 2.05) is 49.4 Å². The maximum absolute atomic E-state index is 12.3. The van der Waals surface area contributed by atoms with Crippen molar-refractivity contribution in [3.8, 4) is 11.5 Å². The third-order valence-corrected chi connectivity index (χ3v) is 4.81. The lowest BCUT2D eigenvalue weighted by molar-refractivity contribution is -0.124. The second-order valence-electron chi connectivity index (χ2n) is 6.06. The molecule has 2 aromatic carbocycles. The minimum atomic E-state index is -0.0297. The maximum Gasteiger partial charge on any atom is 0.246 e. The Morgan fingerprint density at radius 3 is 2.50 bits per heavy atom. The lowest BCUT2D eigenvalue weighted by Gasteiger charge is -2.16. The molecule has 2 rings (SSSR count). The SMILES string of the molecule is COc1ccc(CCN(C)C(=O)/C=C/c2ccc(C)cc2Br)cc1OC. The van der Waals surface area contributed by atoms with E-state index in [2.05, 4.69) is 15.9 Å². The van der Waals surface area contributed by atoms with Gasteiger partial charge in [0.15, 0.2) is 11.5 Å². The number of nitrogens with zero attached hydrogens (tertiary/aromatic N) is 1. The molecule has 0 N–H and O–H groups in total. The molecule has 0 bridgehead atoms. The van der Waals surface area contributed by atoms with Gasteiger partial charge in [0, 0.05) is 24.1 Å². The highest BCUT2D eigenvalue weighted by atomic mass is 79.9. The molecule has 0 aliphatic carbocycles. The van der Waals surface area contributed by atoms with Crippen LogP contribution in [0.15, 0.2) is 46.9 Å². The van der Waals surface area contributed by atoms with Crippen LogP contribution in [-0.2, 0) is 11.2 Å². The Hall–Kier alpha value is -2.27. The number of hydrogen-bond donors (Lipinski definition) is 0. The number of halogens is 1. The molecule has 0 unspecified atom stereocenters. The average molecular weight is 418 g/mol. The van der Waals surface area contributed by atoms with Gasteiger partial charge >= 0.3 is 0 Å². The largest absolute Gasteiger partial charge is 0.493 e. The Morgan fingerprint density at radius 1 is 1.12 bits per heavy atom. The third-order valence-electron chi connectivity index (χ3n) is 4.12. The molecule has 5 heteroatoms. The lowest BCUT2D eigenvalue weighted by Crippen LogP contribution is -2.27. The fourth-order valence-electron chi connectivity index (χ4n) is 2.50. The van der Waals surface area contributed by atoms with Gasteiger partial charge in [0.25, 0.3) is 0 Å². The van der Waals surface area contributed by atoms with E-state index in [0.29, 0.717) is 18.0 Å². The number of benzene rings is 2. The highest BCUT2D eigenvalue weighted by Crippen LogP contribution is 2.27. The molecule has 0 saturated heterocycles. The smallest absolute Gasteiger partial charge is 0.246 e. The van der Waals surface area contributed by atoms with Crippen LogP contribution in [0.2, 0.25) is 0 Å². The predicted molar refractivity (Wildman–Crippen MR) is 109 cm³/mol. The lowest BCUT2D eigenvalue weighted by atomic mass is 10.1. The van der Waals surface area contributed by atoms with E-state index in [0.717, 1.165) is 22.0 Å². The predicted octanol–water partition coefficient (Wildman–Crippen LogP) is 4.49. The van der Waals surface area contributed by atoms with Crippen LogP contribution < -0.4 is 9.47 Å². The summed E-state index contributed by atoms with van der Waals surface area (Å²) in [5.41, 5.74) is 3.25. The third kappa shape index (κ3) is 5.36. The molecule has 0 heterocycles. The molecular weight excluding hydrogens is 394 g/mol. The Kier molecular flexibility index (Phi) is 7.27. The van der Waals surface area contributed by atoms with Crippen molar-refractivity contribution in [1.29, 1.82) is 0 Å². The van der Waals surface area contributed by atoms with Crippen LogP contribution in [0.25, 0.3) is 6.08 Å². The average Bonchev–Trinajstić information content (AvgIpc) is 2.64. The molecule has 0 aromatic heterocycles. The Bertz CT molecular complexity index is 802. The fraction of sp³-hybridized carbons (Fsp3) is 0.286. The molecule has 0 saturated carbocycles. The van der Waals surface area contributed by atoms with E-state index in [1.54, 1.807) is 32.2 Å². The van der Waals surface area contributed by atoms with Crippen molar-refractivity contribution in [3.05, 3.63) is 63.6 Å². The van der Waals surface area contributed by atoms with Gasteiger partial charge in [-0.3, -0.25) is 4.79 Å². The normalized spacial score (nSPS) is 10.8. The topological polar surface area (TPSA) is 38.8 Å². The first kappa shape index (κ1) is 20.0. The van der Waals surface area contributed by atoms with Crippen molar-refractivity contribution in [3.63, 3.8) is 0 Å². The van der Waals surface area contributed by atoms with Gasteiger partial charge in [0.1, 0.15) is 0 Å². The number of aryl methyl sites for hydroxylation is 1. The van der Waals surface area contributed by atoms with Crippen LogP contribution in [-0.4, -0.2) is 38.6 Å². The monoisotopic (exact) mass is 417 g/mol. The molecule has 0 atom stereocenters. The molecular formula is C21H24BrNO3. The van der Waals surface area contributed by atoms with Gasteiger partial charge in [0.2, 0.25) is 5.91 Å². The molecule has 26 heavy (non-hydrogen) atoms. The van der Waals surface area contributed by atoms with Crippen LogP contribution in [0.1, 0.15) is 16.7 Å². The van der Waals surface area contributed by atoms with E-state index in [4.69, 9.17) is 9.47 Å². The Morgan fingerprint density at radius 2 is 1.85 bits per heavy atom. The van der Waals surface area contributed by atoms with Gasteiger partial charge in [-0.15, -0.1) is 0 Å². The van der Waals surface area contributed by atoms with Gasteiger partial charge in [-0.2, -0.15) is 0 Å². The number of likely N-dealkylation sites (N-methyl/N-ethyl adjacent to an activating group) is 1. The first-order valence-electron chi connectivity index (χ1n) is 8.35. The van der Waals surface area contributed by atoms with Crippen molar-refractivity contribution < 1.29 is 14.3 Å². The second kappa shape index (κ2) is 9.43. The van der Waals surface area contributed by atoms with Crippen molar-refractivity contribution >= 4 is 27.9 Å². The zero-order valence-electron chi connectivity index (χ0n) is 15.6. The van der Waals surface area contributed by atoms with Crippen LogP contribution in [0.3, 0.4) is 0 Å². The van der Waals surface area contributed by atoms with Crippen LogP contribution in [0.5, 0.6) is 11.5 Å². The summed E-state index contributed by atoms with van der Waals surface area (Å²) in [6.45, 7) is 2.65. The van der Waals surface area contributed by atoms with E-state index >= 15 is 0 Å². The number of carbonyl (C=O) groups excluding carboxylic acids is 1. The summed E-state index contributed by atoms with van der Waals surface area (Å²) in [5, 5.41) is 0. The van der Waals surface area contributed by atoms with Crippen molar-refractivity contribution in [2.24, 2.45) is 0 Å². The van der Waals surface area contributed by atoms with E-state index in [-0.39, 0.29) is 5.91 Å². The first-order valence-corrected chi connectivity index (χ1v) is 9.14. The van der Waals surface area contributed by atoms with E-state index < -0.39 is 0 Å². The Labute approximate surface area is 163 Å². The van der Waals surface area contributed by atoms with Gasteiger partial charge in [-0.25, -0.2) is 0 Å².